The molecule has 0 saturated heterocycles. The van der Waals surface area contributed by atoms with E-state index in [1.807, 2.05) is 31.2 Å². The standard InChI is InChI=1S/C13H16O2/c1-3-4-12(13(14)15)9-11-7-5-10(2)6-8-11/h3,5-8,12H,1,4,9H2,2H3,(H,14,15)/t12-/m0/s1. The van der Waals surface area contributed by atoms with Crippen molar-refractivity contribution in [2.75, 3.05) is 0 Å². The molecule has 2 nitrogen and oxygen atoms in total. The van der Waals surface area contributed by atoms with E-state index in [2.05, 4.69) is 6.58 Å². The van der Waals surface area contributed by atoms with Crippen molar-refractivity contribution in [2.45, 2.75) is 19.8 Å². The molecule has 0 saturated carbocycles. The molecule has 0 aliphatic carbocycles. The molecular weight excluding hydrogens is 188 g/mol. The minimum absolute atomic E-state index is 0.356. The van der Waals surface area contributed by atoms with Gasteiger partial charge in [-0.25, -0.2) is 0 Å². The van der Waals surface area contributed by atoms with Crippen LogP contribution >= 0.6 is 0 Å². The molecule has 0 unspecified atom stereocenters. The normalized spacial score (nSPS) is 12.1. The van der Waals surface area contributed by atoms with Crippen LogP contribution in [0.5, 0.6) is 0 Å². The first-order valence-corrected chi connectivity index (χ1v) is 5.02. The van der Waals surface area contributed by atoms with Crippen molar-refractivity contribution in [3.63, 3.8) is 0 Å². The first-order valence-electron chi connectivity index (χ1n) is 5.02. The summed E-state index contributed by atoms with van der Waals surface area (Å²) in [5.41, 5.74) is 2.25. The van der Waals surface area contributed by atoms with Crippen molar-refractivity contribution >= 4 is 5.97 Å². The summed E-state index contributed by atoms with van der Waals surface area (Å²) in [7, 11) is 0. The molecule has 1 aromatic carbocycles. The van der Waals surface area contributed by atoms with Gasteiger partial charge < -0.3 is 5.11 Å². The third kappa shape index (κ3) is 3.58. The summed E-state index contributed by atoms with van der Waals surface area (Å²) < 4.78 is 0. The van der Waals surface area contributed by atoms with Gasteiger partial charge in [-0.3, -0.25) is 4.79 Å². The van der Waals surface area contributed by atoms with Crippen LogP contribution in [0.3, 0.4) is 0 Å². The predicted octanol–water partition coefficient (Wildman–Crippen LogP) is 2.81. The summed E-state index contributed by atoms with van der Waals surface area (Å²) in [4.78, 5) is 10.9. The Morgan fingerprint density at radius 1 is 1.47 bits per heavy atom. The largest absolute Gasteiger partial charge is 0.481 e. The molecule has 1 atom stereocenters. The summed E-state index contributed by atoms with van der Waals surface area (Å²) >= 11 is 0. The van der Waals surface area contributed by atoms with Gasteiger partial charge in [0.2, 0.25) is 0 Å². The van der Waals surface area contributed by atoms with E-state index >= 15 is 0 Å². The Kier molecular flexibility index (Phi) is 4.10. The van der Waals surface area contributed by atoms with Crippen LogP contribution in [0.15, 0.2) is 36.9 Å². The Labute approximate surface area is 90.3 Å². The van der Waals surface area contributed by atoms with Crippen molar-refractivity contribution in [1.29, 1.82) is 0 Å². The Bertz CT molecular complexity index is 338. The molecule has 2 heteroatoms. The lowest BCUT2D eigenvalue weighted by Crippen LogP contribution is -2.15. The van der Waals surface area contributed by atoms with Gasteiger partial charge in [0, 0.05) is 0 Å². The van der Waals surface area contributed by atoms with Crippen molar-refractivity contribution in [3.05, 3.63) is 48.0 Å². The fourth-order valence-corrected chi connectivity index (χ4v) is 1.48. The SMILES string of the molecule is C=CC[C@@H](Cc1ccc(C)cc1)C(=O)O. The predicted molar refractivity (Wildman–Crippen MR) is 60.8 cm³/mol. The van der Waals surface area contributed by atoms with E-state index < -0.39 is 5.97 Å². The highest BCUT2D eigenvalue weighted by Crippen LogP contribution is 2.13. The molecule has 0 amide bonds. The van der Waals surface area contributed by atoms with E-state index in [1.54, 1.807) is 6.08 Å². The summed E-state index contributed by atoms with van der Waals surface area (Å²) in [5.74, 6) is -1.11. The zero-order chi connectivity index (χ0) is 11.3. The van der Waals surface area contributed by atoms with E-state index in [0.717, 1.165) is 5.56 Å². The molecule has 0 heterocycles. The Morgan fingerprint density at radius 2 is 2.07 bits per heavy atom. The van der Waals surface area contributed by atoms with Crippen LogP contribution in [0.2, 0.25) is 0 Å². The molecule has 0 fully saturated rings. The molecule has 1 N–H and O–H groups in total. The van der Waals surface area contributed by atoms with Crippen LogP contribution in [-0.4, -0.2) is 11.1 Å². The third-order valence-corrected chi connectivity index (χ3v) is 2.40. The molecule has 0 bridgehead atoms. The topological polar surface area (TPSA) is 37.3 Å². The van der Waals surface area contributed by atoms with Crippen LogP contribution in [0, 0.1) is 12.8 Å². The van der Waals surface area contributed by atoms with Gasteiger partial charge in [0.1, 0.15) is 0 Å². The monoisotopic (exact) mass is 204 g/mol. The van der Waals surface area contributed by atoms with Crippen molar-refractivity contribution in [2.24, 2.45) is 5.92 Å². The zero-order valence-electron chi connectivity index (χ0n) is 8.94. The molecule has 0 aromatic heterocycles. The molecular formula is C13H16O2. The van der Waals surface area contributed by atoms with Gasteiger partial charge in [-0.15, -0.1) is 6.58 Å². The van der Waals surface area contributed by atoms with E-state index in [-0.39, 0.29) is 5.92 Å². The maximum atomic E-state index is 10.9. The van der Waals surface area contributed by atoms with Gasteiger partial charge in [-0.1, -0.05) is 35.9 Å². The van der Waals surface area contributed by atoms with Crippen molar-refractivity contribution in [1.82, 2.24) is 0 Å². The average Bonchev–Trinajstić information content (AvgIpc) is 2.20. The first-order chi connectivity index (χ1) is 7.13. The number of allylic oxidation sites excluding steroid dienone is 1. The average molecular weight is 204 g/mol. The molecule has 15 heavy (non-hydrogen) atoms. The fraction of sp³-hybridized carbons (Fsp3) is 0.308. The highest BCUT2D eigenvalue weighted by Gasteiger charge is 2.15. The summed E-state index contributed by atoms with van der Waals surface area (Å²) in [6.07, 6.45) is 2.75. The van der Waals surface area contributed by atoms with Crippen LogP contribution in [0.4, 0.5) is 0 Å². The second-order valence-corrected chi connectivity index (χ2v) is 3.75. The number of aryl methyl sites for hydroxylation is 1. The highest BCUT2D eigenvalue weighted by molar-refractivity contribution is 5.70. The number of aliphatic carboxylic acids is 1. The molecule has 0 aliphatic rings. The first kappa shape index (κ1) is 11.5. The second kappa shape index (κ2) is 5.35. The number of carbonyl (C=O) groups is 1. The lowest BCUT2D eigenvalue weighted by Gasteiger charge is -2.09. The maximum Gasteiger partial charge on any atom is 0.307 e. The van der Waals surface area contributed by atoms with E-state index in [0.29, 0.717) is 12.8 Å². The number of benzene rings is 1. The second-order valence-electron chi connectivity index (χ2n) is 3.75. The van der Waals surface area contributed by atoms with Gasteiger partial charge in [0.05, 0.1) is 5.92 Å². The third-order valence-electron chi connectivity index (χ3n) is 2.40. The van der Waals surface area contributed by atoms with Gasteiger partial charge in [-0.2, -0.15) is 0 Å². The highest BCUT2D eigenvalue weighted by atomic mass is 16.4. The Hall–Kier alpha value is -1.57. The molecule has 1 aromatic rings. The number of hydrogen-bond acceptors (Lipinski definition) is 1. The molecule has 80 valence electrons. The maximum absolute atomic E-state index is 10.9. The zero-order valence-corrected chi connectivity index (χ0v) is 8.94. The minimum Gasteiger partial charge on any atom is -0.481 e. The van der Waals surface area contributed by atoms with E-state index in [1.165, 1.54) is 5.56 Å². The van der Waals surface area contributed by atoms with E-state index in [4.69, 9.17) is 5.11 Å². The van der Waals surface area contributed by atoms with Crippen LogP contribution in [0.1, 0.15) is 17.5 Å². The Morgan fingerprint density at radius 3 is 2.53 bits per heavy atom. The summed E-state index contributed by atoms with van der Waals surface area (Å²) in [6.45, 7) is 5.59. The quantitative estimate of drug-likeness (QED) is 0.749. The van der Waals surface area contributed by atoms with Gasteiger partial charge >= 0.3 is 5.97 Å². The minimum atomic E-state index is -0.754. The lowest BCUT2D eigenvalue weighted by molar-refractivity contribution is -0.141. The van der Waals surface area contributed by atoms with Crippen LogP contribution < -0.4 is 0 Å². The fourth-order valence-electron chi connectivity index (χ4n) is 1.48. The number of hydrogen-bond donors (Lipinski definition) is 1. The van der Waals surface area contributed by atoms with Crippen LogP contribution in [-0.2, 0) is 11.2 Å². The molecule has 1 rings (SSSR count). The lowest BCUT2D eigenvalue weighted by atomic mass is 9.96. The summed E-state index contributed by atoms with van der Waals surface area (Å²) in [6, 6.07) is 7.97. The van der Waals surface area contributed by atoms with Crippen molar-refractivity contribution in [3.8, 4) is 0 Å². The number of rotatable bonds is 5. The van der Waals surface area contributed by atoms with Crippen LogP contribution in [0.25, 0.3) is 0 Å². The van der Waals surface area contributed by atoms with Crippen molar-refractivity contribution < 1.29 is 9.90 Å². The van der Waals surface area contributed by atoms with Gasteiger partial charge in [-0.05, 0) is 25.3 Å². The molecule has 0 spiro atoms. The van der Waals surface area contributed by atoms with Gasteiger partial charge in [0.25, 0.3) is 0 Å². The van der Waals surface area contributed by atoms with E-state index in [9.17, 15) is 4.79 Å². The smallest absolute Gasteiger partial charge is 0.307 e. The number of carboxylic acid groups (broad SMARTS) is 1. The number of carboxylic acids is 1. The summed E-state index contributed by atoms with van der Waals surface area (Å²) in [5, 5.41) is 8.97. The Balaban J connectivity index is 2.69. The molecule has 0 aliphatic heterocycles. The van der Waals surface area contributed by atoms with Gasteiger partial charge in [0.15, 0.2) is 0 Å². The molecule has 0 radical (unpaired) electrons.